The zero-order chi connectivity index (χ0) is 22.3. The molecule has 0 aliphatic rings. The SMILES string of the molecule is c1ccc(Sc2ccccc2[S+](c2ccccc2)c2ccccc2Sc2ccccc2)cc1. The predicted molar refractivity (Wildman–Crippen MR) is 143 cm³/mol. The second-order valence-electron chi connectivity index (χ2n) is 7.34. The third-order valence-corrected chi connectivity index (χ3v) is 9.82. The van der Waals surface area contributed by atoms with Crippen molar-refractivity contribution in [3.05, 3.63) is 140 Å². The molecule has 0 saturated heterocycles. The Kier molecular flexibility index (Phi) is 7.22. The molecule has 0 heterocycles. The maximum atomic E-state index is 2.30. The predicted octanol–water partition coefficient (Wildman–Crippen LogP) is 9.08. The van der Waals surface area contributed by atoms with Gasteiger partial charge in [-0.2, -0.15) is 0 Å². The van der Waals surface area contributed by atoms with Crippen molar-refractivity contribution >= 4 is 34.4 Å². The molecular formula is C30H23S3+. The molecule has 0 fully saturated rings. The summed E-state index contributed by atoms with van der Waals surface area (Å²) in [5, 5.41) is 0. The number of benzene rings is 5. The Morgan fingerprint density at radius 2 is 0.727 bits per heavy atom. The maximum Gasteiger partial charge on any atom is 0.180 e. The molecule has 0 bridgehead atoms. The molecule has 0 aromatic heterocycles. The van der Waals surface area contributed by atoms with Crippen LogP contribution in [-0.4, -0.2) is 0 Å². The summed E-state index contributed by atoms with van der Waals surface area (Å²) in [6, 6.07) is 49.9. The second-order valence-corrected chi connectivity index (χ2v) is 11.5. The van der Waals surface area contributed by atoms with E-state index < -0.39 is 0 Å². The van der Waals surface area contributed by atoms with Crippen LogP contribution in [-0.2, 0) is 10.9 Å². The van der Waals surface area contributed by atoms with Gasteiger partial charge in [0.1, 0.15) is 10.9 Å². The van der Waals surface area contributed by atoms with Crippen molar-refractivity contribution in [2.45, 2.75) is 34.3 Å². The first-order valence-electron chi connectivity index (χ1n) is 10.8. The van der Waals surface area contributed by atoms with Gasteiger partial charge >= 0.3 is 0 Å². The highest BCUT2D eigenvalue weighted by Crippen LogP contribution is 2.43. The minimum absolute atomic E-state index is 0.227. The fourth-order valence-electron chi connectivity index (χ4n) is 3.57. The van der Waals surface area contributed by atoms with Crippen LogP contribution in [0.25, 0.3) is 0 Å². The van der Waals surface area contributed by atoms with Gasteiger partial charge in [-0.05, 0) is 60.7 Å². The zero-order valence-electron chi connectivity index (χ0n) is 18.0. The van der Waals surface area contributed by atoms with E-state index in [2.05, 4.69) is 140 Å². The highest BCUT2D eigenvalue weighted by molar-refractivity contribution is 8.02. The van der Waals surface area contributed by atoms with Crippen LogP contribution in [0.1, 0.15) is 0 Å². The van der Waals surface area contributed by atoms with Gasteiger partial charge in [0.25, 0.3) is 0 Å². The first-order valence-corrected chi connectivity index (χ1v) is 13.7. The molecule has 0 unspecified atom stereocenters. The van der Waals surface area contributed by atoms with E-state index in [1.54, 1.807) is 0 Å². The van der Waals surface area contributed by atoms with E-state index in [-0.39, 0.29) is 10.9 Å². The van der Waals surface area contributed by atoms with Crippen molar-refractivity contribution < 1.29 is 0 Å². The van der Waals surface area contributed by atoms with Crippen LogP contribution in [0.3, 0.4) is 0 Å². The molecule has 0 nitrogen and oxygen atoms in total. The smallest absolute Gasteiger partial charge is 0.0848 e. The van der Waals surface area contributed by atoms with Gasteiger partial charge in [0, 0.05) is 9.79 Å². The van der Waals surface area contributed by atoms with Gasteiger partial charge in [-0.25, -0.2) is 0 Å². The van der Waals surface area contributed by atoms with E-state index in [1.165, 1.54) is 34.3 Å². The summed E-state index contributed by atoms with van der Waals surface area (Å²) in [5.41, 5.74) is 0. The van der Waals surface area contributed by atoms with E-state index in [4.69, 9.17) is 0 Å². The first kappa shape index (κ1) is 22.0. The molecule has 0 amide bonds. The molecule has 0 atom stereocenters. The normalized spacial score (nSPS) is 10.9. The molecule has 0 N–H and O–H groups in total. The molecule has 3 heteroatoms. The molecule has 5 rings (SSSR count). The van der Waals surface area contributed by atoms with Gasteiger partial charge in [-0.3, -0.25) is 0 Å². The second kappa shape index (κ2) is 10.8. The molecule has 0 saturated carbocycles. The lowest BCUT2D eigenvalue weighted by molar-refractivity contribution is 1.16. The number of rotatable bonds is 7. The van der Waals surface area contributed by atoms with Crippen LogP contribution in [0.2, 0.25) is 0 Å². The average Bonchev–Trinajstić information content (AvgIpc) is 2.88. The fourth-order valence-corrected chi connectivity index (χ4v) is 8.18. The Morgan fingerprint density at radius 1 is 0.364 bits per heavy atom. The lowest BCUT2D eigenvalue weighted by atomic mass is 10.3. The minimum atomic E-state index is -0.227. The molecule has 0 radical (unpaired) electrons. The summed E-state index contributed by atoms with van der Waals surface area (Å²) < 4.78 is 0. The third kappa shape index (κ3) is 5.39. The maximum absolute atomic E-state index is 2.30. The summed E-state index contributed by atoms with van der Waals surface area (Å²) in [6.45, 7) is 0. The molecule has 33 heavy (non-hydrogen) atoms. The van der Waals surface area contributed by atoms with Crippen molar-refractivity contribution in [1.82, 2.24) is 0 Å². The van der Waals surface area contributed by atoms with Crippen molar-refractivity contribution in [1.29, 1.82) is 0 Å². The standard InChI is InChI=1S/C30H23S3/c1-4-14-24(15-5-1)31-27-20-10-12-22-29(27)33(26-18-8-3-9-19-26)30-23-13-11-21-28(30)32-25-16-6-2-7-17-25/h1-23H/q+1. The topological polar surface area (TPSA) is 0 Å². The van der Waals surface area contributed by atoms with Gasteiger partial charge < -0.3 is 0 Å². The summed E-state index contributed by atoms with van der Waals surface area (Å²) >= 11 is 3.68. The number of hydrogen-bond acceptors (Lipinski definition) is 2. The van der Waals surface area contributed by atoms with Crippen LogP contribution in [0.4, 0.5) is 0 Å². The fraction of sp³-hybridized carbons (Fsp3) is 0. The summed E-state index contributed by atoms with van der Waals surface area (Å²) in [6.07, 6.45) is 0. The summed E-state index contributed by atoms with van der Waals surface area (Å²) in [4.78, 5) is 9.17. The molecule has 5 aromatic rings. The molecule has 0 aliphatic heterocycles. The van der Waals surface area contributed by atoms with Crippen molar-refractivity contribution in [3.63, 3.8) is 0 Å². The first-order chi connectivity index (χ1) is 16.4. The quantitative estimate of drug-likeness (QED) is 0.213. The van der Waals surface area contributed by atoms with Crippen molar-refractivity contribution in [2.24, 2.45) is 0 Å². The van der Waals surface area contributed by atoms with Gasteiger partial charge in [-0.1, -0.05) is 102 Å². The van der Waals surface area contributed by atoms with E-state index in [0.29, 0.717) is 0 Å². The third-order valence-electron chi connectivity index (χ3n) is 5.06. The average molecular weight is 480 g/mol. The Bertz CT molecular complexity index is 1220. The molecule has 5 aromatic carbocycles. The molecule has 0 spiro atoms. The highest BCUT2D eigenvalue weighted by Gasteiger charge is 2.33. The van der Waals surface area contributed by atoms with Crippen molar-refractivity contribution in [3.8, 4) is 0 Å². The van der Waals surface area contributed by atoms with Crippen LogP contribution in [0.5, 0.6) is 0 Å². The summed E-state index contributed by atoms with van der Waals surface area (Å²) in [5.74, 6) is 0. The van der Waals surface area contributed by atoms with Gasteiger partial charge in [0.2, 0.25) is 0 Å². The zero-order valence-corrected chi connectivity index (χ0v) is 20.5. The van der Waals surface area contributed by atoms with E-state index >= 15 is 0 Å². The van der Waals surface area contributed by atoms with Gasteiger partial charge in [0.15, 0.2) is 14.7 Å². The van der Waals surface area contributed by atoms with E-state index in [9.17, 15) is 0 Å². The Labute approximate surface area is 207 Å². The Morgan fingerprint density at radius 3 is 1.18 bits per heavy atom. The monoisotopic (exact) mass is 479 g/mol. The van der Waals surface area contributed by atoms with Crippen LogP contribution in [0.15, 0.2) is 174 Å². The highest BCUT2D eigenvalue weighted by atomic mass is 32.2. The lowest BCUT2D eigenvalue weighted by Gasteiger charge is -2.14. The van der Waals surface area contributed by atoms with Gasteiger partial charge in [0.05, 0.1) is 9.79 Å². The van der Waals surface area contributed by atoms with Gasteiger partial charge in [-0.15, -0.1) is 0 Å². The number of hydrogen-bond donors (Lipinski definition) is 0. The molecule has 0 aliphatic carbocycles. The Balaban J connectivity index is 1.63. The molecular weight excluding hydrogens is 457 g/mol. The molecule has 160 valence electrons. The largest absolute Gasteiger partial charge is 0.180 e. The van der Waals surface area contributed by atoms with E-state index in [1.807, 2.05) is 23.5 Å². The van der Waals surface area contributed by atoms with Crippen LogP contribution >= 0.6 is 23.5 Å². The van der Waals surface area contributed by atoms with Crippen molar-refractivity contribution in [2.75, 3.05) is 0 Å². The minimum Gasteiger partial charge on any atom is -0.0848 e. The Hall–Kier alpha value is -2.85. The lowest BCUT2D eigenvalue weighted by Crippen LogP contribution is -2.07. The summed E-state index contributed by atoms with van der Waals surface area (Å²) in [7, 11) is -0.227. The van der Waals surface area contributed by atoms with Crippen LogP contribution in [0, 0.1) is 0 Å². The van der Waals surface area contributed by atoms with Crippen LogP contribution < -0.4 is 0 Å². The van der Waals surface area contributed by atoms with E-state index in [0.717, 1.165) is 0 Å².